The minimum Gasteiger partial charge on any atom is -0.462 e. The summed E-state index contributed by atoms with van der Waals surface area (Å²) in [7, 11) is 0. The van der Waals surface area contributed by atoms with Gasteiger partial charge in [0.15, 0.2) is 0 Å². The minimum atomic E-state index is -0.466. The maximum atomic E-state index is 13.1. The molecule has 4 aliphatic rings. The molecular weight excluding hydrogens is 354 g/mol. The molecule has 26 heavy (non-hydrogen) atoms. The molecule has 4 heterocycles. The second-order valence-electron chi connectivity index (χ2n) is 7.13. The molecule has 1 aromatic heterocycles. The number of fused-ring (bicyclic) bond motifs is 6. The Hall–Kier alpha value is -1.99. The van der Waals surface area contributed by atoms with Gasteiger partial charge in [0.05, 0.1) is 36.2 Å². The van der Waals surface area contributed by atoms with Crippen LogP contribution >= 0.6 is 11.3 Å². The number of anilines is 1. The monoisotopic (exact) mass is 373 g/mol. The van der Waals surface area contributed by atoms with Gasteiger partial charge in [-0.3, -0.25) is 9.59 Å². The summed E-state index contributed by atoms with van der Waals surface area (Å²) < 4.78 is 10.9. The lowest BCUT2D eigenvalue weighted by Crippen LogP contribution is -2.35. The molecule has 0 saturated carbocycles. The van der Waals surface area contributed by atoms with Crippen LogP contribution in [0.25, 0.3) is 0 Å². The molecule has 5 rings (SSSR count). The van der Waals surface area contributed by atoms with Crippen LogP contribution in [0.1, 0.15) is 40.6 Å². The predicted molar refractivity (Wildman–Crippen MR) is 94.2 cm³/mol. The maximum absolute atomic E-state index is 13.1. The van der Waals surface area contributed by atoms with E-state index in [-0.39, 0.29) is 30.6 Å². The van der Waals surface area contributed by atoms with Crippen molar-refractivity contribution < 1.29 is 23.9 Å². The zero-order valence-corrected chi connectivity index (χ0v) is 15.2. The summed E-state index contributed by atoms with van der Waals surface area (Å²) in [5, 5.41) is 0.458. The van der Waals surface area contributed by atoms with E-state index in [9.17, 15) is 14.4 Å². The van der Waals surface area contributed by atoms with Crippen LogP contribution in [0.2, 0.25) is 0 Å². The fourth-order valence-electron chi connectivity index (χ4n) is 4.63. The van der Waals surface area contributed by atoms with Gasteiger partial charge in [0.25, 0.3) is 0 Å². The second-order valence-corrected chi connectivity index (χ2v) is 8.21. The fraction of sp³-hybridized carbons (Fsp3) is 0.526. The second kappa shape index (κ2) is 5.76. The summed E-state index contributed by atoms with van der Waals surface area (Å²) in [6, 6.07) is 0. The molecule has 2 saturated heterocycles. The quantitative estimate of drug-likeness (QED) is 0.462. The first-order valence-electron chi connectivity index (χ1n) is 9.15. The van der Waals surface area contributed by atoms with Gasteiger partial charge in [-0.1, -0.05) is 12.2 Å². The molecule has 0 N–H and O–H groups in total. The van der Waals surface area contributed by atoms with E-state index in [0.717, 1.165) is 36.1 Å². The lowest BCUT2D eigenvalue weighted by atomic mass is 9.85. The van der Waals surface area contributed by atoms with Gasteiger partial charge in [-0.15, -0.1) is 11.3 Å². The fourth-order valence-corrected chi connectivity index (χ4v) is 6.01. The van der Waals surface area contributed by atoms with E-state index < -0.39 is 17.8 Å². The van der Waals surface area contributed by atoms with E-state index in [1.165, 1.54) is 16.2 Å². The summed E-state index contributed by atoms with van der Waals surface area (Å²) in [5.74, 6) is -1.86. The van der Waals surface area contributed by atoms with Crippen molar-refractivity contribution in [1.82, 2.24) is 0 Å². The Labute approximate surface area is 154 Å². The third-order valence-corrected chi connectivity index (χ3v) is 7.02. The van der Waals surface area contributed by atoms with Crippen LogP contribution in [0, 0.1) is 11.8 Å². The molecule has 1 aromatic rings. The van der Waals surface area contributed by atoms with Crippen molar-refractivity contribution in [2.45, 2.75) is 44.8 Å². The average Bonchev–Trinajstić information content (AvgIpc) is 3.37. The highest BCUT2D eigenvalue weighted by molar-refractivity contribution is 7.17. The van der Waals surface area contributed by atoms with Gasteiger partial charge in [0.2, 0.25) is 11.8 Å². The molecule has 1 aliphatic carbocycles. The van der Waals surface area contributed by atoms with Gasteiger partial charge in [-0.25, -0.2) is 9.69 Å². The van der Waals surface area contributed by atoms with Gasteiger partial charge in [0, 0.05) is 4.88 Å². The Morgan fingerprint density at radius 1 is 1.19 bits per heavy atom. The van der Waals surface area contributed by atoms with Crippen LogP contribution in [0.5, 0.6) is 0 Å². The number of thiophene rings is 1. The molecule has 2 amide bonds. The first-order valence-corrected chi connectivity index (χ1v) is 9.96. The molecule has 0 aromatic carbocycles. The van der Waals surface area contributed by atoms with Gasteiger partial charge < -0.3 is 9.47 Å². The first kappa shape index (κ1) is 16.2. The number of carbonyl (C=O) groups is 3. The molecule has 2 bridgehead atoms. The number of amides is 2. The maximum Gasteiger partial charge on any atom is 0.341 e. The summed E-state index contributed by atoms with van der Waals surface area (Å²) in [6.07, 6.45) is 6.82. The van der Waals surface area contributed by atoms with Crippen molar-refractivity contribution in [3.8, 4) is 0 Å². The Morgan fingerprint density at radius 2 is 1.85 bits per heavy atom. The number of rotatable bonds is 3. The number of imide groups is 1. The predicted octanol–water partition coefficient (Wildman–Crippen LogP) is 2.25. The van der Waals surface area contributed by atoms with Crippen LogP contribution in [0.3, 0.4) is 0 Å². The van der Waals surface area contributed by atoms with Crippen molar-refractivity contribution in [2.75, 3.05) is 11.5 Å². The molecule has 6 nitrogen and oxygen atoms in total. The molecule has 2 fully saturated rings. The van der Waals surface area contributed by atoms with Crippen molar-refractivity contribution >= 4 is 34.1 Å². The standard InChI is InChI=1S/C19H19NO5S/c1-2-24-19(23)13-9-5-3-4-6-12(9)26-18(13)20-16(21)14-10-7-8-11(25-10)15(14)17(20)22/h7-8,10-11,14-15H,2-6H2,1H3/t10-,11+,14-,15+. The zero-order valence-electron chi connectivity index (χ0n) is 14.4. The molecule has 0 spiro atoms. The number of nitrogens with zero attached hydrogens (tertiary/aromatic N) is 1. The van der Waals surface area contributed by atoms with Crippen LogP contribution in [-0.4, -0.2) is 36.6 Å². The molecular formula is C19H19NO5S. The van der Waals surface area contributed by atoms with E-state index >= 15 is 0 Å². The largest absolute Gasteiger partial charge is 0.462 e. The summed E-state index contributed by atoms with van der Waals surface area (Å²) >= 11 is 1.40. The van der Waals surface area contributed by atoms with Crippen molar-refractivity contribution in [3.63, 3.8) is 0 Å². The van der Waals surface area contributed by atoms with E-state index in [2.05, 4.69) is 0 Å². The van der Waals surface area contributed by atoms with Gasteiger partial charge in [-0.05, 0) is 38.2 Å². The molecule has 0 unspecified atom stereocenters. The first-order chi connectivity index (χ1) is 12.6. The number of hydrogen-bond donors (Lipinski definition) is 0. The molecule has 136 valence electrons. The smallest absolute Gasteiger partial charge is 0.341 e. The highest BCUT2D eigenvalue weighted by atomic mass is 32.1. The van der Waals surface area contributed by atoms with E-state index in [1.54, 1.807) is 6.92 Å². The number of carbonyl (C=O) groups excluding carboxylic acids is 3. The van der Waals surface area contributed by atoms with Gasteiger partial charge >= 0.3 is 5.97 Å². The average molecular weight is 373 g/mol. The lowest BCUT2D eigenvalue weighted by Gasteiger charge is -2.18. The number of esters is 1. The normalized spacial score (nSPS) is 31.5. The topological polar surface area (TPSA) is 72.9 Å². The van der Waals surface area contributed by atoms with Crippen molar-refractivity contribution in [1.29, 1.82) is 0 Å². The Balaban J connectivity index is 1.60. The minimum absolute atomic E-state index is 0.249. The Morgan fingerprint density at radius 3 is 2.50 bits per heavy atom. The summed E-state index contributed by atoms with van der Waals surface area (Å²) in [5.41, 5.74) is 1.39. The van der Waals surface area contributed by atoms with Crippen LogP contribution in [-0.2, 0) is 31.9 Å². The summed E-state index contributed by atoms with van der Waals surface area (Å²) in [6.45, 7) is 2.02. The zero-order chi connectivity index (χ0) is 18.0. The highest BCUT2D eigenvalue weighted by Gasteiger charge is 2.61. The van der Waals surface area contributed by atoms with E-state index in [1.807, 2.05) is 12.2 Å². The van der Waals surface area contributed by atoms with Crippen molar-refractivity contribution in [3.05, 3.63) is 28.2 Å². The van der Waals surface area contributed by atoms with Crippen molar-refractivity contribution in [2.24, 2.45) is 11.8 Å². The number of ether oxygens (including phenoxy) is 2. The lowest BCUT2D eigenvalue weighted by molar-refractivity contribution is -0.124. The highest BCUT2D eigenvalue weighted by Crippen LogP contribution is 2.49. The third kappa shape index (κ3) is 2.04. The van der Waals surface area contributed by atoms with Gasteiger partial charge in [-0.2, -0.15) is 0 Å². The molecule has 4 atom stereocenters. The molecule has 7 heteroatoms. The Kier molecular flexibility index (Phi) is 3.59. The van der Waals surface area contributed by atoms with Crippen LogP contribution in [0.15, 0.2) is 12.2 Å². The molecule has 0 radical (unpaired) electrons. The third-order valence-electron chi connectivity index (χ3n) is 5.75. The SMILES string of the molecule is CCOC(=O)c1c(N2C(=O)[C@@H]3[C@H](C2=O)[C@H]2C=C[C@@H]3O2)sc2c1CCCC2. The Bertz CT molecular complexity index is 826. The van der Waals surface area contributed by atoms with Gasteiger partial charge in [0.1, 0.15) is 5.00 Å². The van der Waals surface area contributed by atoms with Crippen LogP contribution < -0.4 is 4.90 Å². The van der Waals surface area contributed by atoms with Crippen LogP contribution in [0.4, 0.5) is 5.00 Å². The van der Waals surface area contributed by atoms with E-state index in [4.69, 9.17) is 9.47 Å². The summed E-state index contributed by atoms with van der Waals surface area (Å²) in [4.78, 5) is 41.2. The van der Waals surface area contributed by atoms with E-state index in [0.29, 0.717) is 10.6 Å². The number of hydrogen-bond acceptors (Lipinski definition) is 6. The molecule has 3 aliphatic heterocycles. The number of aryl methyl sites for hydroxylation is 1.